The van der Waals surface area contributed by atoms with E-state index in [0.29, 0.717) is 21.8 Å². The minimum absolute atomic E-state index is 0.0845. The lowest BCUT2D eigenvalue weighted by Gasteiger charge is -2.16. The highest BCUT2D eigenvalue weighted by molar-refractivity contribution is 7.92. The van der Waals surface area contributed by atoms with Crippen LogP contribution < -0.4 is 10.0 Å². The summed E-state index contributed by atoms with van der Waals surface area (Å²) in [6, 6.07) is 16.1. The van der Waals surface area contributed by atoms with Crippen LogP contribution in [0.4, 0.5) is 10.1 Å². The molecule has 2 N–H and O–H groups in total. The van der Waals surface area contributed by atoms with Crippen molar-refractivity contribution >= 4 is 33.2 Å². The Morgan fingerprint density at radius 3 is 2.23 bits per heavy atom. The van der Waals surface area contributed by atoms with Crippen LogP contribution in [0.25, 0.3) is 0 Å². The van der Waals surface area contributed by atoms with Crippen LogP contribution in [-0.4, -0.2) is 14.3 Å². The summed E-state index contributed by atoms with van der Waals surface area (Å²) < 4.78 is 40.7. The van der Waals surface area contributed by atoms with Crippen molar-refractivity contribution in [2.75, 3.05) is 4.72 Å². The third kappa shape index (κ3) is 5.17. The van der Waals surface area contributed by atoms with Gasteiger partial charge < -0.3 is 5.32 Å². The maximum Gasteiger partial charge on any atom is 0.261 e. The van der Waals surface area contributed by atoms with Crippen molar-refractivity contribution in [1.82, 2.24) is 5.32 Å². The van der Waals surface area contributed by atoms with E-state index in [0.717, 1.165) is 5.56 Å². The molecular weight excluding hydrogens is 427 g/mol. The molecule has 0 heterocycles. The summed E-state index contributed by atoms with van der Waals surface area (Å²) in [4.78, 5) is 12.6. The Hall–Kier alpha value is -2.90. The summed E-state index contributed by atoms with van der Waals surface area (Å²) in [5.74, 6) is -0.661. The predicted octanol–water partition coefficient (Wildman–Crippen LogP) is 5.08. The Bertz CT molecular complexity index is 1160. The zero-order chi connectivity index (χ0) is 21.9. The fraction of sp³-hybridized carbons (Fsp3) is 0.136. The third-order valence-corrected chi connectivity index (χ3v) is 6.21. The maximum atomic E-state index is 13.1. The third-order valence-electron chi connectivity index (χ3n) is 4.57. The molecule has 3 aromatic carbocycles. The summed E-state index contributed by atoms with van der Waals surface area (Å²) in [5.41, 5.74) is 2.12. The molecule has 1 atom stereocenters. The maximum absolute atomic E-state index is 13.1. The van der Waals surface area contributed by atoms with Gasteiger partial charge in [-0.25, -0.2) is 12.8 Å². The second kappa shape index (κ2) is 8.85. The van der Waals surface area contributed by atoms with E-state index in [1.54, 1.807) is 44.2 Å². The van der Waals surface area contributed by atoms with Crippen molar-refractivity contribution in [3.8, 4) is 0 Å². The molecule has 5 nitrogen and oxygen atoms in total. The van der Waals surface area contributed by atoms with E-state index < -0.39 is 10.0 Å². The minimum Gasteiger partial charge on any atom is -0.346 e. The molecule has 0 bridgehead atoms. The van der Waals surface area contributed by atoms with E-state index in [1.807, 2.05) is 0 Å². The van der Waals surface area contributed by atoms with Gasteiger partial charge in [0, 0.05) is 10.6 Å². The van der Waals surface area contributed by atoms with Crippen molar-refractivity contribution in [1.29, 1.82) is 0 Å². The van der Waals surface area contributed by atoms with Crippen LogP contribution in [0.5, 0.6) is 0 Å². The Morgan fingerprint density at radius 1 is 1.00 bits per heavy atom. The molecule has 0 aliphatic carbocycles. The van der Waals surface area contributed by atoms with Crippen molar-refractivity contribution in [2.45, 2.75) is 24.8 Å². The summed E-state index contributed by atoms with van der Waals surface area (Å²) in [6.45, 7) is 3.51. The Balaban J connectivity index is 1.73. The fourth-order valence-corrected chi connectivity index (χ4v) is 4.11. The van der Waals surface area contributed by atoms with E-state index in [1.165, 1.54) is 36.4 Å². The van der Waals surface area contributed by atoms with E-state index in [9.17, 15) is 17.6 Å². The molecule has 30 heavy (non-hydrogen) atoms. The summed E-state index contributed by atoms with van der Waals surface area (Å²) in [6.07, 6.45) is 0. The first-order valence-electron chi connectivity index (χ1n) is 9.11. The zero-order valence-corrected chi connectivity index (χ0v) is 17.9. The number of carbonyl (C=O) groups excluding carboxylic acids is 1. The molecule has 3 rings (SSSR count). The molecule has 0 fully saturated rings. The topological polar surface area (TPSA) is 75.3 Å². The normalized spacial score (nSPS) is 12.3. The molecule has 0 aliphatic rings. The summed E-state index contributed by atoms with van der Waals surface area (Å²) >= 11 is 5.81. The van der Waals surface area contributed by atoms with Crippen LogP contribution in [0.3, 0.4) is 0 Å². The van der Waals surface area contributed by atoms with Gasteiger partial charge in [-0.05, 0) is 79.6 Å². The van der Waals surface area contributed by atoms with Crippen molar-refractivity contribution < 1.29 is 17.6 Å². The molecule has 1 unspecified atom stereocenters. The van der Waals surface area contributed by atoms with E-state index in [-0.39, 0.29) is 22.7 Å². The lowest BCUT2D eigenvalue weighted by molar-refractivity contribution is 0.0940. The molecule has 0 saturated heterocycles. The Labute approximate surface area is 179 Å². The van der Waals surface area contributed by atoms with Gasteiger partial charge in [-0.3, -0.25) is 9.52 Å². The van der Waals surface area contributed by atoms with Crippen LogP contribution in [0.2, 0.25) is 5.02 Å². The molecule has 156 valence electrons. The fourth-order valence-electron chi connectivity index (χ4n) is 2.85. The second-order valence-corrected chi connectivity index (χ2v) is 8.95. The molecule has 8 heteroatoms. The average Bonchev–Trinajstić information content (AvgIpc) is 2.70. The number of carbonyl (C=O) groups is 1. The summed E-state index contributed by atoms with van der Waals surface area (Å²) in [5, 5.41) is 3.29. The van der Waals surface area contributed by atoms with E-state index in [4.69, 9.17) is 11.6 Å². The minimum atomic E-state index is -3.78. The molecule has 0 radical (unpaired) electrons. The number of halogens is 2. The number of sulfonamides is 1. The SMILES string of the molecule is Cc1cc(C(=O)NC(C)c2ccc(F)cc2)ccc1NS(=O)(=O)c1ccc(Cl)cc1. The molecule has 3 aromatic rings. The molecular formula is C22H20ClFN2O3S. The number of benzene rings is 3. The number of anilines is 1. The van der Waals surface area contributed by atoms with E-state index >= 15 is 0 Å². The first kappa shape index (κ1) is 21.8. The van der Waals surface area contributed by atoms with Crippen molar-refractivity contribution in [3.63, 3.8) is 0 Å². The second-order valence-electron chi connectivity index (χ2n) is 6.84. The van der Waals surface area contributed by atoms with Crippen LogP contribution in [0.15, 0.2) is 71.6 Å². The van der Waals surface area contributed by atoms with Crippen LogP contribution >= 0.6 is 11.6 Å². The van der Waals surface area contributed by atoms with Gasteiger partial charge in [0.15, 0.2) is 0 Å². The number of aryl methyl sites for hydroxylation is 1. The number of hydrogen-bond acceptors (Lipinski definition) is 3. The quantitative estimate of drug-likeness (QED) is 0.554. The molecule has 0 saturated carbocycles. The van der Waals surface area contributed by atoms with Crippen LogP contribution in [0, 0.1) is 12.7 Å². The predicted molar refractivity (Wildman–Crippen MR) is 116 cm³/mol. The van der Waals surface area contributed by atoms with Gasteiger partial charge in [0.1, 0.15) is 5.82 Å². The largest absolute Gasteiger partial charge is 0.346 e. The molecule has 1 amide bonds. The number of amides is 1. The highest BCUT2D eigenvalue weighted by atomic mass is 35.5. The van der Waals surface area contributed by atoms with Gasteiger partial charge in [0.05, 0.1) is 16.6 Å². The lowest BCUT2D eigenvalue weighted by Crippen LogP contribution is -2.26. The highest BCUT2D eigenvalue weighted by Gasteiger charge is 2.17. The first-order valence-corrected chi connectivity index (χ1v) is 11.0. The summed E-state index contributed by atoms with van der Waals surface area (Å²) in [7, 11) is -3.78. The number of hydrogen-bond donors (Lipinski definition) is 2. The molecule has 0 aliphatic heterocycles. The molecule has 0 spiro atoms. The Morgan fingerprint density at radius 2 is 1.63 bits per heavy atom. The van der Waals surface area contributed by atoms with E-state index in [2.05, 4.69) is 10.0 Å². The number of rotatable bonds is 6. The van der Waals surface area contributed by atoms with Gasteiger partial charge in [0.25, 0.3) is 15.9 Å². The van der Waals surface area contributed by atoms with Gasteiger partial charge in [-0.2, -0.15) is 0 Å². The Kier molecular flexibility index (Phi) is 6.43. The van der Waals surface area contributed by atoms with Gasteiger partial charge in [-0.1, -0.05) is 23.7 Å². The lowest BCUT2D eigenvalue weighted by atomic mass is 10.1. The zero-order valence-electron chi connectivity index (χ0n) is 16.3. The standard InChI is InChI=1S/C22H20ClFN2O3S/c1-14-13-17(22(27)25-15(2)16-3-8-19(24)9-4-16)5-12-21(14)26-30(28,29)20-10-6-18(23)7-11-20/h3-13,15,26H,1-2H3,(H,25,27). The first-order chi connectivity index (χ1) is 14.2. The average molecular weight is 447 g/mol. The van der Waals surface area contributed by atoms with Gasteiger partial charge in [-0.15, -0.1) is 0 Å². The van der Waals surface area contributed by atoms with Crippen LogP contribution in [0.1, 0.15) is 34.5 Å². The molecule has 0 aromatic heterocycles. The van der Waals surface area contributed by atoms with Crippen molar-refractivity contribution in [3.05, 3.63) is 94.3 Å². The van der Waals surface area contributed by atoms with Gasteiger partial charge >= 0.3 is 0 Å². The monoisotopic (exact) mass is 446 g/mol. The van der Waals surface area contributed by atoms with Crippen LogP contribution in [-0.2, 0) is 10.0 Å². The highest BCUT2D eigenvalue weighted by Crippen LogP contribution is 2.22. The van der Waals surface area contributed by atoms with Crippen molar-refractivity contribution in [2.24, 2.45) is 0 Å². The van der Waals surface area contributed by atoms with Gasteiger partial charge in [0.2, 0.25) is 0 Å². The number of nitrogens with one attached hydrogen (secondary N) is 2. The smallest absolute Gasteiger partial charge is 0.261 e.